The third-order valence-electron chi connectivity index (χ3n) is 6.04. The SMILES string of the molecule is [2H]c1cc([C@H](C)C2CC2)c(NC(=O)NS(=O)(=O)c2cc(C(C)(C)O)co2)c2c1CCC2. The molecule has 162 valence electrons. The quantitative estimate of drug-likeness (QED) is 0.638. The number of benzene rings is 1. The van der Waals surface area contributed by atoms with Crippen molar-refractivity contribution in [3.05, 3.63) is 46.7 Å². The summed E-state index contributed by atoms with van der Waals surface area (Å²) in [5, 5.41) is 12.3. The summed E-state index contributed by atoms with van der Waals surface area (Å²) < 4.78 is 40.7. The Morgan fingerprint density at radius 3 is 2.73 bits per heavy atom. The van der Waals surface area contributed by atoms with Gasteiger partial charge in [-0.1, -0.05) is 19.0 Å². The number of nitrogens with one attached hydrogen (secondary N) is 2. The summed E-state index contributed by atoms with van der Waals surface area (Å²) in [6, 6.07) is 2.63. The molecule has 2 amide bonds. The average molecular weight is 434 g/mol. The molecular weight excluding hydrogens is 404 g/mol. The maximum atomic E-state index is 12.7. The predicted octanol–water partition coefficient (Wildman–Crippen LogP) is 4.02. The Kier molecular flexibility index (Phi) is 4.86. The number of hydrogen-bond donors (Lipinski definition) is 3. The van der Waals surface area contributed by atoms with Gasteiger partial charge >= 0.3 is 6.03 Å². The molecule has 3 N–H and O–H groups in total. The largest absolute Gasteiger partial charge is 0.451 e. The van der Waals surface area contributed by atoms with Crippen molar-refractivity contribution in [1.82, 2.24) is 4.72 Å². The van der Waals surface area contributed by atoms with E-state index >= 15 is 0 Å². The molecule has 1 atom stereocenters. The lowest BCUT2D eigenvalue weighted by Gasteiger charge is -2.20. The summed E-state index contributed by atoms with van der Waals surface area (Å²) in [7, 11) is -4.26. The molecule has 1 aromatic carbocycles. The second-order valence-corrected chi connectivity index (χ2v) is 10.4. The van der Waals surface area contributed by atoms with Gasteiger partial charge in [0.05, 0.1) is 13.2 Å². The van der Waals surface area contributed by atoms with Gasteiger partial charge in [0.15, 0.2) is 0 Å². The van der Waals surface area contributed by atoms with Crippen LogP contribution in [0.3, 0.4) is 0 Å². The van der Waals surface area contributed by atoms with Gasteiger partial charge < -0.3 is 14.8 Å². The van der Waals surface area contributed by atoms with Gasteiger partial charge in [-0.05, 0) is 74.5 Å². The van der Waals surface area contributed by atoms with Crippen molar-refractivity contribution in [2.75, 3.05) is 5.32 Å². The number of hydrogen-bond acceptors (Lipinski definition) is 5. The maximum absolute atomic E-state index is 12.7. The minimum atomic E-state index is -4.26. The van der Waals surface area contributed by atoms with Crippen LogP contribution < -0.4 is 10.0 Å². The normalized spacial score (nSPS) is 17.9. The van der Waals surface area contributed by atoms with Crippen LogP contribution in [0, 0.1) is 5.92 Å². The molecule has 0 spiro atoms. The fraction of sp³-hybridized carbons (Fsp3) is 0.500. The molecule has 0 unspecified atom stereocenters. The number of carbonyl (C=O) groups is 1. The predicted molar refractivity (Wildman–Crippen MR) is 113 cm³/mol. The third kappa shape index (κ3) is 4.11. The van der Waals surface area contributed by atoms with Crippen molar-refractivity contribution < 1.29 is 24.1 Å². The molecule has 0 saturated heterocycles. The van der Waals surface area contributed by atoms with E-state index in [-0.39, 0.29) is 11.5 Å². The highest BCUT2D eigenvalue weighted by Gasteiger charge is 2.33. The van der Waals surface area contributed by atoms with Crippen LogP contribution in [0.4, 0.5) is 10.5 Å². The number of urea groups is 1. The Bertz CT molecular complexity index is 1130. The number of rotatable bonds is 6. The van der Waals surface area contributed by atoms with Gasteiger partial charge in [0.1, 0.15) is 0 Å². The van der Waals surface area contributed by atoms with E-state index in [9.17, 15) is 18.3 Å². The van der Waals surface area contributed by atoms with E-state index in [4.69, 9.17) is 5.79 Å². The minimum Gasteiger partial charge on any atom is -0.451 e. The van der Waals surface area contributed by atoms with E-state index in [2.05, 4.69) is 12.2 Å². The first-order valence-electron chi connectivity index (χ1n) is 10.8. The van der Waals surface area contributed by atoms with Crippen molar-refractivity contribution in [3.8, 4) is 0 Å². The summed E-state index contributed by atoms with van der Waals surface area (Å²) in [5.74, 6) is 0.705. The van der Waals surface area contributed by atoms with Crippen molar-refractivity contribution in [2.24, 2.45) is 5.92 Å². The zero-order valence-corrected chi connectivity index (χ0v) is 18.2. The number of anilines is 1. The monoisotopic (exact) mass is 433 g/mol. The fourth-order valence-corrected chi connectivity index (χ4v) is 4.89. The first kappa shape index (κ1) is 19.6. The molecule has 0 bridgehead atoms. The van der Waals surface area contributed by atoms with Gasteiger partial charge in [0, 0.05) is 17.3 Å². The van der Waals surface area contributed by atoms with Gasteiger partial charge in [0.2, 0.25) is 5.09 Å². The van der Waals surface area contributed by atoms with Gasteiger partial charge in [-0.3, -0.25) is 0 Å². The number of furan rings is 1. The van der Waals surface area contributed by atoms with Crippen molar-refractivity contribution in [3.63, 3.8) is 0 Å². The molecule has 0 radical (unpaired) electrons. The van der Waals surface area contributed by atoms with E-state index in [1.807, 2.05) is 10.8 Å². The first-order valence-corrected chi connectivity index (χ1v) is 11.8. The smallest absolute Gasteiger partial charge is 0.333 e. The van der Waals surface area contributed by atoms with Crippen LogP contribution in [0.25, 0.3) is 0 Å². The van der Waals surface area contributed by atoms with E-state index in [1.165, 1.54) is 19.9 Å². The lowest BCUT2D eigenvalue weighted by molar-refractivity contribution is 0.0779. The topological polar surface area (TPSA) is 109 Å². The molecule has 30 heavy (non-hydrogen) atoms. The van der Waals surface area contributed by atoms with Gasteiger partial charge in [-0.15, -0.1) is 0 Å². The summed E-state index contributed by atoms with van der Waals surface area (Å²) in [5.41, 5.74) is 2.40. The van der Waals surface area contributed by atoms with Crippen LogP contribution in [0.1, 0.15) is 69.6 Å². The molecule has 2 aliphatic carbocycles. The van der Waals surface area contributed by atoms with E-state index in [1.54, 1.807) is 0 Å². The van der Waals surface area contributed by atoms with E-state index in [0.717, 1.165) is 55.1 Å². The first-order chi connectivity index (χ1) is 14.5. The van der Waals surface area contributed by atoms with Crippen molar-refractivity contribution in [2.45, 2.75) is 69.5 Å². The van der Waals surface area contributed by atoms with Gasteiger partial charge in [0.25, 0.3) is 10.0 Å². The van der Waals surface area contributed by atoms with Crippen LogP contribution in [-0.4, -0.2) is 19.6 Å². The lowest BCUT2D eigenvalue weighted by Crippen LogP contribution is -2.35. The highest BCUT2D eigenvalue weighted by molar-refractivity contribution is 7.89. The molecule has 8 heteroatoms. The molecule has 1 saturated carbocycles. The lowest BCUT2D eigenvalue weighted by atomic mass is 9.91. The van der Waals surface area contributed by atoms with E-state index in [0.29, 0.717) is 17.6 Å². The van der Waals surface area contributed by atoms with E-state index < -0.39 is 26.7 Å². The second kappa shape index (κ2) is 7.42. The number of aliphatic hydroxyl groups is 1. The Labute approximate surface area is 178 Å². The Morgan fingerprint density at radius 2 is 2.10 bits per heavy atom. The molecule has 7 nitrogen and oxygen atoms in total. The minimum absolute atomic E-state index is 0.182. The Balaban J connectivity index is 1.60. The summed E-state index contributed by atoms with van der Waals surface area (Å²) in [6.07, 6.45) is 5.83. The maximum Gasteiger partial charge on any atom is 0.333 e. The zero-order chi connectivity index (χ0) is 22.6. The zero-order valence-electron chi connectivity index (χ0n) is 18.4. The molecular formula is C22H28N2O5S. The Morgan fingerprint density at radius 1 is 1.37 bits per heavy atom. The van der Waals surface area contributed by atoms with Crippen LogP contribution in [-0.2, 0) is 28.5 Å². The van der Waals surface area contributed by atoms with Gasteiger partial charge in [-0.25, -0.2) is 9.52 Å². The second-order valence-electron chi connectivity index (χ2n) is 8.83. The fourth-order valence-electron chi connectivity index (χ4n) is 4.04. The highest BCUT2D eigenvalue weighted by atomic mass is 32.2. The molecule has 1 aromatic heterocycles. The number of sulfonamides is 1. The van der Waals surface area contributed by atoms with Crippen LogP contribution in [0.15, 0.2) is 33.9 Å². The summed E-state index contributed by atoms with van der Waals surface area (Å²) >= 11 is 0. The highest BCUT2D eigenvalue weighted by Crippen LogP contribution is 2.46. The standard InChI is InChI=1S/C22H28N2O5S/c1-13(14-7-8-14)17-10-9-15-5-4-6-18(15)20(17)23-21(25)24-30(27,28)19-11-16(12-29-19)22(2,3)26/h9-14,26H,4-8H2,1-3H3,(H2,23,24,25)/t13-/m1/s1/i9D. The third-order valence-corrected chi connectivity index (χ3v) is 7.24. The number of fused-ring (bicyclic) bond motifs is 1. The average Bonchev–Trinajstić information content (AvgIpc) is 3.17. The van der Waals surface area contributed by atoms with Crippen LogP contribution in [0.5, 0.6) is 0 Å². The molecule has 2 aliphatic rings. The van der Waals surface area contributed by atoms with Crippen LogP contribution in [0.2, 0.25) is 0 Å². The number of carbonyl (C=O) groups excluding carboxylic acids is 1. The molecule has 0 aliphatic heterocycles. The summed E-state index contributed by atoms with van der Waals surface area (Å²) in [4.78, 5) is 12.7. The molecule has 2 aromatic rings. The molecule has 1 heterocycles. The number of amides is 2. The Hall–Kier alpha value is -2.32. The van der Waals surface area contributed by atoms with Gasteiger partial charge in [-0.2, -0.15) is 8.42 Å². The van der Waals surface area contributed by atoms with Crippen molar-refractivity contribution >= 4 is 21.7 Å². The summed E-state index contributed by atoms with van der Waals surface area (Å²) in [6.45, 7) is 5.11. The van der Waals surface area contributed by atoms with Crippen LogP contribution >= 0.6 is 0 Å². The molecule has 1 fully saturated rings. The molecule has 4 rings (SSSR count). The van der Waals surface area contributed by atoms with Crippen molar-refractivity contribution in [1.29, 1.82) is 0 Å².